The van der Waals surface area contributed by atoms with Crippen LogP contribution in [0, 0.1) is 0 Å². The molecule has 0 atom stereocenters. The number of rotatable bonds is 7. The van der Waals surface area contributed by atoms with E-state index in [4.69, 9.17) is 0 Å². The Balaban J connectivity index is 1.95. The summed E-state index contributed by atoms with van der Waals surface area (Å²) in [7, 11) is -3.36. The summed E-state index contributed by atoms with van der Waals surface area (Å²) in [6.07, 6.45) is 0.611. The molecule has 0 unspecified atom stereocenters. The van der Waals surface area contributed by atoms with Gasteiger partial charge in [-0.3, -0.25) is 0 Å². The first-order chi connectivity index (χ1) is 9.56. The van der Waals surface area contributed by atoms with Gasteiger partial charge >= 0.3 is 0 Å². The lowest BCUT2D eigenvalue weighted by Crippen LogP contribution is -2.41. The van der Waals surface area contributed by atoms with E-state index in [2.05, 4.69) is 9.71 Å². The van der Waals surface area contributed by atoms with Gasteiger partial charge in [0.25, 0.3) is 10.2 Å². The van der Waals surface area contributed by atoms with E-state index < -0.39 is 10.2 Å². The minimum atomic E-state index is -3.36. The zero-order chi connectivity index (χ0) is 14.6. The number of nitrogens with zero attached hydrogens (tertiary/aromatic N) is 2. The fraction of sp³-hybridized carbons (Fsp3) is 0.462. The molecule has 0 amide bonds. The first-order valence-electron chi connectivity index (χ1n) is 6.66. The topological polar surface area (TPSA) is 62.3 Å². The summed E-state index contributed by atoms with van der Waals surface area (Å²) in [6.45, 7) is 4.99. The van der Waals surface area contributed by atoms with Crippen LogP contribution < -0.4 is 4.72 Å². The second-order valence-corrected chi connectivity index (χ2v) is 7.18. The molecule has 0 spiro atoms. The average Bonchev–Trinajstić information content (AvgIpc) is 2.82. The normalized spacial score (nSPS) is 12.3. The van der Waals surface area contributed by atoms with Crippen molar-refractivity contribution >= 4 is 31.8 Å². The molecule has 20 heavy (non-hydrogen) atoms. The lowest BCUT2D eigenvalue weighted by Gasteiger charge is -2.18. The molecule has 1 heterocycles. The van der Waals surface area contributed by atoms with E-state index in [9.17, 15) is 8.42 Å². The molecular weight excluding hydrogens is 294 g/mol. The van der Waals surface area contributed by atoms with Gasteiger partial charge < -0.3 is 0 Å². The summed E-state index contributed by atoms with van der Waals surface area (Å²) in [5.41, 5.74) is 0.971. The monoisotopic (exact) mass is 313 g/mol. The number of nitrogens with one attached hydrogen (secondary N) is 1. The molecule has 0 aliphatic heterocycles. The first-order valence-corrected chi connectivity index (χ1v) is 8.91. The van der Waals surface area contributed by atoms with Crippen molar-refractivity contribution in [3.8, 4) is 0 Å². The number of aromatic nitrogens is 1. The molecule has 5 nitrogen and oxygen atoms in total. The molecule has 1 N–H and O–H groups in total. The van der Waals surface area contributed by atoms with Gasteiger partial charge in [-0.15, -0.1) is 11.3 Å². The zero-order valence-electron chi connectivity index (χ0n) is 11.7. The van der Waals surface area contributed by atoms with Crippen molar-refractivity contribution in [1.29, 1.82) is 0 Å². The summed E-state index contributed by atoms with van der Waals surface area (Å²) >= 11 is 1.61. The maximum Gasteiger partial charge on any atom is 0.279 e. The van der Waals surface area contributed by atoms with Crippen LogP contribution in [-0.4, -0.2) is 37.3 Å². The van der Waals surface area contributed by atoms with Crippen LogP contribution in [0.2, 0.25) is 0 Å². The highest BCUT2D eigenvalue weighted by molar-refractivity contribution is 7.87. The van der Waals surface area contributed by atoms with Crippen LogP contribution in [0.15, 0.2) is 24.3 Å². The Hall–Kier alpha value is -1.02. The third-order valence-electron chi connectivity index (χ3n) is 3.01. The van der Waals surface area contributed by atoms with Crippen molar-refractivity contribution in [3.05, 3.63) is 29.3 Å². The second kappa shape index (κ2) is 6.62. The molecule has 0 saturated carbocycles. The maximum absolute atomic E-state index is 12.0. The van der Waals surface area contributed by atoms with Crippen LogP contribution in [0.25, 0.3) is 10.2 Å². The van der Waals surface area contributed by atoms with E-state index in [0.717, 1.165) is 15.2 Å². The summed E-state index contributed by atoms with van der Waals surface area (Å²) in [5, 5.41) is 0.952. The van der Waals surface area contributed by atoms with Crippen molar-refractivity contribution < 1.29 is 8.42 Å². The van der Waals surface area contributed by atoms with Crippen LogP contribution >= 0.6 is 11.3 Å². The molecule has 0 saturated heterocycles. The van der Waals surface area contributed by atoms with Gasteiger partial charge in [0, 0.05) is 26.1 Å². The summed E-state index contributed by atoms with van der Waals surface area (Å²) < 4.78 is 29.1. The highest BCUT2D eigenvalue weighted by Gasteiger charge is 2.17. The van der Waals surface area contributed by atoms with Crippen LogP contribution in [-0.2, 0) is 16.6 Å². The van der Waals surface area contributed by atoms with Crippen molar-refractivity contribution in [2.75, 3.05) is 19.6 Å². The third-order valence-corrected chi connectivity index (χ3v) is 5.87. The molecule has 2 aromatic rings. The molecule has 2 rings (SSSR count). The minimum absolute atomic E-state index is 0.374. The Bertz CT molecular complexity index is 630. The molecule has 7 heteroatoms. The number of hydrogen-bond donors (Lipinski definition) is 1. The Morgan fingerprint density at radius 2 is 1.95 bits per heavy atom. The molecule has 0 radical (unpaired) electrons. The number of fused-ring (bicyclic) bond motifs is 1. The molecular formula is C13H19N3O2S2. The minimum Gasteiger partial charge on any atom is -0.241 e. The van der Waals surface area contributed by atoms with Gasteiger partial charge in [0.1, 0.15) is 0 Å². The van der Waals surface area contributed by atoms with Crippen LogP contribution in [0.4, 0.5) is 0 Å². The van der Waals surface area contributed by atoms with Crippen LogP contribution in [0.3, 0.4) is 0 Å². The fourth-order valence-electron chi connectivity index (χ4n) is 1.97. The molecule has 0 bridgehead atoms. The van der Waals surface area contributed by atoms with Crippen LogP contribution in [0.1, 0.15) is 18.9 Å². The zero-order valence-corrected chi connectivity index (χ0v) is 13.3. The molecule has 0 aliphatic rings. The Morgan fingerprint density at radius 3 is 2.60 bits per heavy atom. The number of thiazole rings is 1. The maximum atomic E-state index is 12.0. The number of benzene rings is 1. The quantitative estimate of drug-likeness (QED) is 0.850. The largest absolute Gasteiger partial charge is 0.279 e. The predicted octanol–water partition coefficient (Wildman–Crippen LogP) is 2.01. The van der Waals surface area contributed by atoms with Gasteiger partial charge in [-0.1, -0.05) is 26.0 Å². The van der Waals surface area contributed by atoms with Crippen molar-refractivity contribution in [1.82, 2.24) is 14.0 Å². The molecule has 0 fully saturated rings. The third kappa shape index (κ3) is 3.54. The van der Waals surface area contributed by atoms with Crippen molar-refractivity contribution in [2.24, 2.45) is 0 Å². The van der Waals surface area contributed by atoms with E-state index in [-0.39, 0.29) is 0 Å². The second-order valence-electron chi connectivity index (χ2n) is 4.31. The van der Waals surface area contributed by atoms with Gasteiger partial charge in [-0.05, 0) is 12.1 Å². The fourth-order valence-corrected chi connectivity index (χ4v) is 4.16. The number of para-hydroxylation sites is 1. The molecule has 1 aromatic heterocycles. The van der Waals surface area contributed by atoms with E-state index in [1.165, 1.54) is 4.31 Å². The standard InChI is InChI=1S/C13H19N3O2S2/c1-3-16(4-2)20(17,18)14-10-9-13-15-11-7-5-6-8-12(11)19-13/h5-8,14H,3-4,9-10H2,1-2H3. The molecule has 0 aliphatic carbocycles. The van der Waals surface area contributed by atoms with Crippen LogP contribution in [0.5, 0.6) is 0 Å². The molecule has 110 valence electrons. The van der Waals surface area contributed by atoms with Gasteiger partial charge in [0.2, 0.25) is 0 Å². The van der Waals surface area contributed by atoms with E-state index in [1.54, 1.807) is 11.3 Å². The van der Waals surface area contributed by atoms with Gasteiger partial charge in [0.15, 0.2) is 0 Å². The SMILES string of the molecule is CCN(CC)S(=O)(=O)NCCc1nc2ccccc2s1. The van der Waals surface area contributed by atoms with E-state index >= 15 is 0 Å². The predicted molar refractivity (Wildman–Crippen MR) is 83.2 cm³/mol. The Morgan fingerprint density at radius 1 is 1.25 bits per heavy atom. The van der Waals surface area contributed by atoms with Gasteiger partial charge in [0.05, 0.1) is 15.2 Å². The van der Waals surface area contributed by atoms with Crippen molar-refractivity contribution in [2.45, 2.75) is 20.3 Å². The van der Waals surface area contributed by atoms with Crippen molar-refractivity contribution in [3.63, 3.8) is 0 Å². The summed E-state index contributed by atoms with van der Waals surface area (Å²) in [5.74, 6) is 0. The molecule has 1 aromatic carbocycles. The summed E-state index contributed by atoms with van der Waals surface area (Å²) in [6, 6.07) is 7.92. The Kier molecular flexibility index (Phi) is 5.09. The Labute approximate surface area is 123 Å². The first kappa shape index (κ1) is 15.4. The van der Waals surface area contributed by atoms with Gasteiger partial charge in [-0.2, -0.15) is 12.7 Å². The average molecular weight is 313 g/mol. The number of hydrogen-bond acceptors (Lipinski definition) is 4. The lowest BCUT2D eigenvalue weighted by molar-refractivity contribution is 0.435. The highest BCUT2D eigenvalue weighted by atomic mass is 32.2. The highest BCUT2D eigenvalue weighted by Crippen LogP contribution is 2.21. The van der Waals surface area contributed by atoms with E-state index in [0.29, 0.717) is 26.1 Å². The van der Waals surface area contributed by atoms with Gasteiger partial charge in [-0.25, -0.2) is 9.71 Å². The summed E-state index contributed by atoms with van der Waals surface area (Å²) in [4.78, 5) is 4.49. The van der Waals surface area contributed by atoms with E-state index in [1.807, 2.05) is 38.1 Å². The smallest absolute Gasteiger partial charge is 0.241 e. The lowest BCUT2D eigenvalue weighted by atomic mass is 10.3.